The smallest absolute Gasteiger partial charge is 0.167 e. The Morgan fingerprint density at radius 1 is 0.355 bits per heavy atom. The van der Waals surface area contributed by atoms with Gasteiger partial charge in [-0.05, 0) is 74.5 Å². The number of rotatable bonds is 5. The highest BCUT2D eigenvalue weighted by atomic mass is 16.3. The van der Waals surface area contributed by atoms with Crippen molar-refractivity contribution in [2.45, 2.75) is 0 Å². The molecular formula is C57H34N4O. The lowest BCUT2D eigenvalue weighted by Gasteiger charge is -2.14. The summed E-state index contributed by atoms with van der Waals surface area (Å²) in [5.74, 6) is 1.73. The van der Waals surface area contributed by atoms with Gasteiger partial charge >= 0.3 is 0 Å². The summed E-state index contributed by atoms with van der Waals surface area (Å²) >= 11 is 0. The molecule has 0 N–H and O–H groups in total. The molecule has 0 aliphatic heterocycles. The van der Waals surface area contributed by atoms with Gasteiger partial charge in [0, 0.05) is 32.7 Å². The maximum absolute atomic E-state index is 6.96. The van der Waals surface area contributed by atoms with Gasteiger partial charge in [0.1, 0.15) is 11.2 Å². The number of nitrogens with zero attached hydrogens (tertiary/aromatic N) is 4. The Morgan fingerprint density at radius 3 is 1.74 bits per heavy atom. The summed E-state index contributed by atoms with van der Waals surface area (Å²) in [5.41, 5.74) is 9.74. The molecule has 62 heavy (non-hydrogen) atoms. The zero-order valence-electron chi connectivity index (χ0n) is 33.3. The summed E-state index contributed by atoms with van der Waals surface area (Å²) < 4.78 is 9.40. The molecule has 13 aromatic rings. The molecule has 0 aliphatic carbocycles. The van der Waals surface area contributed by atoms with Gasteiger partial charge in [-0.25, -0.2) is 15.0 Å². The molecule has 5 nitrogen and oxygen atoms in total. The zero-order chi connectivity index (χ0) is 40.7. The summed E-state index contributed by atoms with van der Waals surface area (Å²) in [7, 11) is 0. The van der Waals surface area contributed by atoms with Crippen LogP contribution in [0.3, 0.4) is 0 Å². The molecule has 3 aromatic heterocycles. The SMILES string of the molecule is c1ccc(-c2ccc(-c3nc(-c4ccc5ccccc5c4)nc(-c4ccc(-n5c6cc7ccccc7cc6c6ccc7ccccc7c65)c5c4oc4ccccc45)n3)cc2)cc1. The second kappa shape index (κ2) is 13.6. The summed E-state index contributed by atoms with van der Waals surface area (Å²) in [5, 5.41) is 11.5. The largest absolute Gasteiger partial charge is 0.455 e. The molecule has 0 amide bonds. The van der Waals surface area contributed by atoms with Gasteiger partial charge in [0.05, 0.1) is 27.7 Å². The van der Waals surface area contributed by atoms with Crippen molar-refractivity contribution in [1.82, 2.24) is 19.5 Å². The first-order chi connectivity index (χ1) is 30.7. The number of furan rings is 1. The van der Waals surface area contributed by atoms with Gasteiger partial charge in [0.2, 0.25) is 0 Å². The molecule has 0 spiro atoms. The maximum Gasteiger partial charge on any atom is 0.167 e. The van der Waals surface area contributed by atoms with Crippen LogP contribution in [0.15, 0.2) is 211 Å². The van der Waals surface area contributed by atoms with Crippen molar-refractivity contribution >= 4 is 76.1 Å². The number of para-hydroxylation sites is 1. The van der Waals surface area contributed by atoms with Crippen molar-refractivity contribution in [3.05, 3.63) is 206 Å². The van der Waals surface area contributed by atoms with E-state index in [2.05, 4.69) is 193 Å². The van der Waals surface area contributed by atoms with Crippen LogP contribution >= 0.6 is 0 Å². The molecule has 0 bridgehead atoms. The first-order valence-corrected chi connectivity index (χ1v) is 20.9. The average molecular weight is 791 g/mol. The molecular weight excluding hydrogens is 757 g/mol. The van der Waals surface area contributed by atoms with Crippen LogP contribution in [0.25, 0.3) is 127 Å². The van der Waals surface area contributed by atoms with Gasteiger partial charge in [0.25, 0.3) is 0 Å². The van der Waals surface area contributed by atoms with E-state index in [0.29, 0.717) is 17.5 Å². The van der Waals surface area contributed by atoms with E-state index in [1.54, 1.807) is 0 Å². The third kappa shape index (κ3) is 5.38. The number of fused-ring (bicyclic) bond motifs is 10. The van der Waals surface area contributed by atoms with Crippen molar-refractivity contribution in [3.63, 3.8) is 0 Å². The fourth-order valence-corrected chi connectivity index (χ4v) is 9.41. The fraction of sp³-hybridized carbons (Fsp3) is 0. The van der Waals surface area contributed by atoms with Crippen molar-refractivity contribution in [2.24, 2.45) is 0 Å². The Balaban J connectivity index is 1.09. The molecule has 0 saturated heterocycles. The molecule has 10 aromatic carbocycles. The Labute approximate surface area is 355 Å². The Hall–Kier alpha value is -8.41. The molecule has 13 rings (SSSR count). The van der Waals surface area contributed by atoms with Gasteiger partial charge in [-0.1, -0.05) is 170 Å². The van der Waals surface area contributed by atoms with E-state index in [4.69, 9.17) is 19.4 Å². The minimum Gasteiger partial charge on any atom is -0.455 e. The molecule has 5 heteroatoms. The second-order valence-corrected chi connectivity index (χ2v) is 16.0. The lowest BCUT2D eigenvalue weighted by atomic mass is 10.0. The molecule has 0 fully saturated rings. The van der Waals surface area contributed by atoms with E-state index in [-0.39, 0.29) is 0 Å². The first kappa shape index (κ1) is 34.5. The highest BCUT2D eigenvalue weighted by molar-refractivity contribution is 6.23. The van der Waals surface area contributed by atoms with Gasteiger partial charge in [-0.15, -0.1) is 0 Å². The van der Waals surface area contributed by atoms with E-state index in [1.807, 2.05) is 18.2 Å². The number of hydrogen-bond donors (Lipinski definition) is 0. The highest BCUT2D eigenvalue weighted by Gasteiger charge is 2.24. The third-order valence-corrected chi connectivity index (χ3v) is 12.4. The third-order valence-electron chi connectivity index (χ3n) is 12.4. The zero-order valence-corrected chi connectivity index (χ0v) is 33.3. The normalized spacial score (nSPS) is 11.9. The summed E-state index contributed by atoms with van der Waals surface area (Å²) in [6.07, 6.45) is 0. The van der Waals surface area contributed by atoms with Crippen molar-refractivity contribution in [1.29, 1.82) is 0 Å². The van der Waals surface area contributed by atoms with Crippen molar-refractivity contribution in [2.75, 3.05) is 0 Å². The summed E-state index contributed by atoms with van der Waals surface area (Å²) in [6.45, 7) is 0. The lowest BCUT2D eigenvalue weighted by molar-refractivity contribution is 0.669. The topological polar surface area (TPSA) is 56.7 Å². The Bertz CT molecular complexity index is 3920. The Kier molecular flexibility index (Phi) is 7.54. The van der Waals surface area contributed by atoms with Crippen molar-refractivity contribution in [3.8, 4) is 51.0 Å². The van der Waals surface area contributed by atoms with Crippen LogP contribution in [0.4, 0.5) is 0 Å². The second-order valence-electron chi connectivity index (χ2n) is 16.0. The van der Waals surface area contributed by atoms with Crippen LogP contribution in [-0.4, -0.2) is 19.5 Å². The molecule has 0 saturated carbocycles. The van der Waals surface area contributed by atoms with Crippen LogP contribution < -0.4 is 0 Å². The predicted molar refractivity (Wildman–Crippen MR) is 256 cm³/mol. The quantitative estimate of drug-likeness (QED) is 0.174. The summed E-state index contributed by atoms with van der Waals surface area (Å²) in [6, 6.07) is 72.8. The van der Waals surface area contributed by atoms with E-state index < -0.39 is 0 Å². The standard InChI is InChI=1S/C57H34N4O/c1-2-12-35(13-3-1)37-22-25-39(26-23-37)55-58-56(43-27-24-36-14-4-5-16-40(36)32-43)60-57(59-55)47-30-31-49(52-46-20-10-11-21-51(46)62-54(47)52)61-50-34-42-18-7-6-17-41(42)33-48(50)45-29-28-38-15-8-9-19-44(38)53(45)61/h1-34H. The van der Waals surface area contributed by atoms with Crippen molar-refractivity contribution < 1.29 is 4.42 Å². The van der Waals surface area contributed by atoms with Gasteiger partial charge in [0.15, 0.2) is 17.5 Å². The van der Waals surface area contributed by atoms with Gasteiger partial charge in [-0.3, -0.25) is 0 Å². The molecule has 0 atom stereocenters. The van der Waals surface area contributed by atoms with E-state index in [1.165, 1.54) is 32.3 Å². The molecule has 3 heterocycles. The van der Waals surface area contributed by atoms with E-state index in [9.17, 15) is 0 Å². The van der Waals surface area contributed by atoms with Crippen LogP contribution in [0.1, 0.15) is 0 Å². The Morgan fingerprint density at radius 2 is 0.935 bits per heavy atom. The molecule has 0 unspecified atom stereocenters. The highest BCUT2D eigenvalue weighted by Crippen LogP contribution is 2.44. The predicted octanol–water partition coefficient (Wildman–Crippen LogP) is 15.0. The molecule has 0 radical (unpaired) electrons. The van der Waals surface area contributed by atoms with Crippen LogP contribution in [0.5, 0.6) is 0 Å². The first-order valence-electron chi connectivity index (χ1n) is 20.9. The van der Waals surface area contributed by atoms with Crippen LogP contribution in [0.2, 0.25) is 0 Å². The van der Waals surface area contributed by atoms with Crippen LogP contribution in [-0.2, 0) is 0 Å². The van der Waals surface area contributed by atoms with E-state index in [0.717, 1.165) is 77.2 Å². The van der Waals surface area contributed by atoms with Gasteiger partial charge in [-0.2, -0.15) is 0 Å². The minimum atomic E-state index is 0.541. The van der Waals surface area contributed by atoms with Crippen LogP contribution in [0, 0.1) is 0 Å². The maximum atomic E-state index is 6.96. The number of benzene rings is 10. The minimum absolute atomic E-state index is 0.541. The summed E-state index contributed by atoms with van der Waals surface area (Å²) in [4.78, 5) is 15.7. The average Bonchev–Trinajstić information content (AvgIpc) is 3.89. The number of hydrogen-bond acceptors (Lipinski definition) is 4. The monoisotopic (exact) mass is 790 g/mol. The molecule has 0 aliphatic rings. The lowest BCUT2D eigenvalue weighted by Crippen LogP contribution is -2.01. The molecule has 288 valence electrons. The number of aromatic nitrogens is 4. The fourth-order valence-electron chi connectivity index (χ4n) is 9.41. The van der Waals surface area contributed by atoms with Gasteiger partial charge < -0.3 is 8.98 Å². The van der Waals surface area contributed by atoms with E-state index >= 15 is 0 Å².